The Morgan fingerprint density at radius 1 is 1.60 bits per heavy atom. The van der Waals surface area contributed by atoms with Crippen molar-refractivity contribution in [1.29, 1.82) is 0 Å². The third kappa shape index (κ3) is 5.17. The van der Waals surface area contributed by atoms with E-state index in [2.05, 4.69) is 25.1 Å². The molecule has 15 heavy (non-hydrogen) atoms. The molecule has 1 heterocycles. The molecule has 0 saturated carbocycles. The van der Waals surface area contributed by atoms with Crippen LogP contribution < -0.4 is 5.32 Å². The van der Waals surface area contributed by atoms with Gasteiger partial charge in [-0.2, -0.15) is 0 Å². The van der Waals surface area contributed by atoms with Gasteiger partial charge in [-0.05, 0) is 20.3 Å². The Hall–Kier alpha value is -0.560. The second-order valence-corrected chi connectivity index (χ2v) is 4.51. The second kappa shape index (κ2) is 6.12. The van der Waals surface area contributed by atoms with Crippen LogP contribution in [0.1, 0.15) is 26.7 Å². The summed E-state index contributed by atoms with van der Waals surface area (Å²) in [7, 11) is 0. The zero-order valence-electron chi connectivity index (χ0n) is 9.71. The molecular formula is C12H21NO2. The molecule has 0 spiro atoms. The van der Waals surface area contributed by atoms with E-state index >= 15 is 0 Å². The van der Waals surface area contributed by atoms with Gasteiger partial charge in [-0.3, -0.25) is 0 Å². The molecule has 0 aliphatic carbocycles. The summed E-state index contributed by atoms with van der Waals surface area (Å²) in [5.74, 6) is 2.60. The molecule has 0 radical (unpaired) electrons. The van der Waals surface area contributed by atoms with Crippen LogP contribution in [0.3, 0.4) is 0 Å². The summed E-state index contributed by atoms with van der Waals surface area (Å²) in [5, 5.41) is 3.34. The number of nitrogens with one attached hydrogen (secondary N) is 1. The Labute approximate surface area is 92.5 Å². The number of ether oxygens (including phenoxy) is 2. The largest absolute Gasteiger partial charge is 0.379 e. The summed E-state index contributed by atoms with van der Waals surface area (Å²) in [6.07, 6.45) is 7.03. The molecule has 0 aromatic carbocycles. The summed E-state index contributed by atoms with van der Waals surface area (Å²) in [5.41, 5.74) is -0.0783. The van der Waals surface area contributed by atoms with Crippen LogP contribution in [0.15, 0.2) is 0 Å². The summed E-state index contributed by atoms with van der Waals surface area (Å²) in [4.78, 5) is 0. The van der Waals surface area contributed by atoms with Crippen LogP contribution >= 0.6 is 0 Å². The normalized spacial score (nSPS) is 24.7. The SMILES string of the molecule is C#CCCCOCC1CNCC(C)(C)O1. The van der Waals surface area contributed by atoms with Crippen LogP contribution in [0.5, 0.6) is 0 Å². The third-order valence-corrected chi connectivity index (χ3v) is 2.32. The first-order chi connectivity index (χ1) is 7.14. The van der Waals surface area contributed by atoms with Crippen molar-refractivity contribution in [2.24, 2.45) is 0 Å². The van der Waals surface area contributed by atoms with E-state index in [-0.39, 0.29) is 11.7 Å². The molecule has 1 aliphatic heterocycles. The van der Waals surface area contributed by atoms with Crippen molar-refractivity contribution in [2.75, 3.05) is 26.3 Å². The monoisotopic (exact) mass is 211 g/mol. The van der Waals surface area contributed by atoms with Gasteiger partial charge < -0.3 is 14.8 Å². The fourth-order valence-corrected chi connectivity index (χ4v) is 1.65. The molecule has 0 amide bonds. The number of morpholine rings is 1. The van der Waals surface area contributed by atoms with E-state index in [0.29, 0.717) is 6.61 Å². The highest BCUT2D eigenvalue weighted by Gasteiger charge is 2.28. The summed E-state index contributed by atoms with van der Waals surface area (Å²) in [6, 6.07) is 0. The molecule has 1 fully saturated rings. The van der Waals surface area contributed by atoms with Crippen molar-refractivity contribution >= 4 is 0 Å². The minimum Gasteiger partial charge on any atom is -0.379 e. The van der Waals surface area contributed by atoms with E-state index in [9.17, 15) is 0 Å². The minimum atomic E-state index is -0.0783. The average molecular weight is 211 g/mol. The maximum Gasteiger partial charge on any atom is 0.0940 e. The van der Waals surface area contributed by atoms with Gasteiger partial charge in [0.15, 0.2) is 0 Å². The van der Waals surface area contributed by atoms with Crippen LogP contribution in [-0.4, -0.2) is 38.0 Å². The lowest BCUT2D eigenvalue weighted by molar-refractivity contribution is -0.120. The van der Waals surface area contributed by atoms with Gasteiger partial charge in [0.1, 0.15) is 0 Å². The van der Waals surface area contributed by atoms with E-state index in [1.165, 1.54) is 0 Å². The topological polar surface area (TPSA) is 30.5 Å². The Morgan fingerprint density at radius 3 is 3.07 bits per heavy atom. The Balaban J connectivity index is 2.08. The number of rotatable bonds is 5. The minimum absolute atomic E-state index is 0.0783. The van der Waals surface area contributed by atoms with Crippen molar-refractivity contribution in [1.82, 2.24) is 5.32 Å². The first-order valence-electron chi connectivity index (χ1n) is 5.54. The number of hydrogen-bond donors (Lipinski definition) is 1. The number of unbranched alkanes of at least 4 members (excludes halogenated alkanes) is 1. The number of hydrogen-bond acceptors (Lipinski definition) is 3. The fraction of sp³-hybridized carbons (Fsp3) is 0.833. The molecule has 86 valence electrons. The molecule has 3 heteroatoms. The van der Waals surface area contributed by atoms with Crippen LogP contribution in [0.2, 0.25) is 0 Å². The van der Waals surface area contributed by atoms with E-state index < -0.39 is 0 Å². The maximum absolute atomic E-state index is 5.85. The Kier molecular flexibility index (Phi) is 5.10. The van der Waals surface area contributed by atoms with Crippen LogP contribution in [-0.2, 0) is 9.47 Å². The highest BCUT2D eigenvalue weighted by atomic mass is 16.5. The molecule has 1 unspecified atom stereocenters. The van der Waals surface area contributed by atoms with E-state index in [0.717, 1.165) is 32.5 Å². The lowest BCUT2D eigenvalue weighted by Gasteiger charge is -2.36. The van der Waals surface area contributed by atoms with E-state index in [1.54, 1.807) is 0 Å². The maximum atomic E-state index is 5.85. The highest BCUT2D eigenvalue weighted by Crippen LogP contribution is 2.15. The van der Waals surface area contributed by atoms with Gasteiger partial charge in [0, 0.05) is 26.1 Å². The predicted octanol–water partition coefficient (Wildman–Crippen LogP) is 1.18. The van der Waals surface area contributed by atoms with Crippen LogP contribution in [0.4, 0.5) is 0 Å². The quantitative estimate of drug-likeness (QED) is 0.547. The van der Waals surface area contributed by atoms with Gasteiger partial charge in [-0.1, -0.05) is 0 Å². The molecule has 1 atom stereocenters. The average Bonchev–Trinajstić information content (AvgIpc) is 2.16. The third-order valence-electron chi connectivity index (χ3n) is 2.32. The second-order valence-electron chi connectivity index (χ2n) is 4.51. The first kappa shape index (κ1) is 12.5. The molecule has 1 aliphatic rings. The van der Waals surface area contributed by atoms with Crippen molar-refractivity contribution < 1.29 is 9.47 Å². The molecule has 1 N–H and O–H groups in total. The van der Waals surface area contributed by atoms with Crippen molar-refractivity contribution in [3.63, 3.8) is 0 Å². The summed E-state index contributed by atoms with van der Waals surface area (Å²) >= 11 is 0. The lowest BCUT2D eigenvalue weighted by Crippen LogP contribution is -2.51. The first-order valence-corrected chi connectivity index (χ1v) is 5.54. The van der Waals surface area contributed by atoms with Crippen molar-refractivity contribution in [2.45, 2.75) is 38.4 Å². The van der Waals surface area contributed by atoms with Gasteiger partial charge >= 0.3 is 0 Å². The van der Waals surface area contributed by atoms with E-state index in [1.807, 2.05) is 0 Å². The lowest BCUT2D eigenvalue weighted by atomic mass is 10.1. The molecule has 1 saturated heterocycles. The fourth-order valence-electron chi connectivity index (χ4n) is 1.65. The van der Waals surface area contributed by atoms with Crippen molar-refractivity contribution in [3.8, 4) is 12.3 Å². The molecule has 0 aromatic rings. The van der Waals surface area contributed by atoms with Gasteiger partial charge in [0.05, 0.1) is 18.3 Å². The van der Waals surface area contributed by atoms with E-state index in [4.69, 9.17) is 15.9 Å². The van der Waals surface area contributed by atoms with Crippen molar-refractivity contribution in [3.05, 3.63) is 0 Å². The molecular weight excluding hydrogens is 190 g/mol. The highest BCUT2D eigenvalue weighted by molar-refractivity contribution is 4.83. The zero-order chi connectivity index (χ0) is 11.1. The van der Waals surface area contributed by atoms with Crippen LogP contribution in [0, 0.1) is 12.3 Å². The van der Waals surface area contributed by atoms with Gasteiger partial charge in [-0.15, -0.1) is 12.3 Å². The number of terminal acetylenes is 1. The standard InChI is InChI=1S/C12H21NO2/c1-4-5-6-7-14-9-11-8-13-10-12(2,3)15-11/h1,11,13H,5-10H2,2-3H3. The Morgan fingerprint density at radius 2 is 2.40 bits per heavy atom. The zero-order valence-corrected chi connectivity index (χ0v) is 9.71. The predicted molar refractivity (Wildman–Crippen MR) is 60.7 cm³/mol. The molecule has 0 aromatic heterocycles. The molecule has 1 rings (SSSR count). The Bertz CT molecular complexity index is 220. The molecule has 3 nitrogen and oxygen atoms in total. The summed E-state index contributed by atoms with van der Waals surface area (Å²) < 4.78 is 11.4. The van der Waals surface area contributed by atoms with Gasteiger partial charge in [-0.25, -0.2) is 0 Å². The van der Waals surface area contributed by atoms with Gasteiger partial charge in [0.2, 0.25) is 0 Å². The smallest absolute Gasteiger partial charge is 0.0940 e. The van der Waals surface area contributed by atoms with Gasteiger partial charge in [0.25, 0.3) is 0 Å². The molecule has 0 bridgehead atoms. The summed E-state index contributed by atoms with van der Waals surface area (Å²) in [6.45, 7) is 7.33. The van der Waals surface area contributed by atoms with Crippen LogP contribution in [0.25, 0.3) is 0 Å².